The Morgan fingerprint density at radius 3 is 3.12 bits per heavy atom. The number of aryl methyl sites for hydroxylation is 2. The van der Waals surface area contributed by atoms with Crippen molar-refractivity contribution in [3.8, 4) is 0 Å². The predicted octanol–water partition coefficient (Wildman–Crippen LogP) is 2.17. The Kier molecular flexibility index (Phi) is 4.18. The number of ether oxygens (including phenoxy) is 1. The zero-order valence-electron chi connectivity index (χ0n) is 10.9. The van der Waals surface area contributed by atoms with Gasteiger partial charge in [0.15, 0.2) is 0 Å². The number of rotatable bonds is 5. The Balaban J connectivity index is 1.91. The molecule has 1 fully saturated rings. The van der Waals surface area contributed by atoms with Gasteiger partial charge in [-0.25, -0.2) is 0 Å². The Labute approximate surface area is 103 Å². The predicted molar refractivity (Wildman–Crippen MR) is 67.8 cm³/mol. The summed E-state index contributed by atoms with van der Waals surface area (Å²) in [4.78, 5) is 0. The lowest BCUT2D eigenvalue weighted by Gasteiger charge is -2.15. The van der Waals surface area contributed by atoms with Crippen molar-refractivity contribution in [1.82, 2.24) is 9.78 Å². The zero-order valence-corrected chi connectivity index (χ0v) is 10.9. The standard InChI is InChI=1S/C13H23N3O/c1-3-16-13(9-10(2)15-16)12(14)7-6-11-5-4-8-17-11/h9,11-12H,3-8,14H2,1-2H3. The van der Waals surface area contributed by atoms with E-state index in [0.29, 0.717) is 6.10 Å². The van der Waals surface area contributed by atoms with Gasteiger partial charge in [-0.15, -0.1) is 0 Å². The molecule has 0 bridgehead atoms. The largest absolute Gasteiger partial charge is 0.378 e. The summed E-state index contributed by atoms with van der Waals surface area (Å²) in [7, 11) is 0. The van der Waals surface area contributed by atoms with E-state index in [-0.39, 0.29) is 6.04 Å². The van der Waals surface area contributed by atoms with Crippen molar-refractivity contribution in [3.63, 3.8) is 0 Å². The fourth-order valence-electron chi connectivity index (χ4n) is 2.50. The summed E-state index contributed by atoms with van der Waals surface area (Å²) in [6, 6.07) is 2.18. The van der Waals surface area contributed by atoms with Crippen LogP contribution in [-0.2, 0) is 11.3 Å². The average molecular weight is 237 g/mol. The second-order valence-electron chi connectivity index (χ2n) is 4.85. The van der Waals surface area contributed by atoms with E-state index < -0.39 is 0 Å². The van der Waals surface area contributed by atoms with E-state index >= 15 is 0 Å². The summed E-state index contributed by atoms with van der Waals surface area (Å²) in [6.45, 7) is 5.92. The highest BCUT2D eigenvalue weighted by Gasteiger charge is 2.19. The van der Waals surface area contributed by atoms with Gasteiger partial charge < -0.3 is 10.5 Å². The number of nitrogens with zero attached hydrogens (tertiary/aromatic N) is 2. The molecule has 0 amide bonds. The summed E-state index contributed by atoms with van der Waals surface area (Å²) in [5, 5.41) is 4.44. The molecule has 0 aromatic carbocycles. The molecule has 2 rings (SSSR count). The molecule has 4 heteroatoms. The van der Waals surface area contributed by atoms with Gasteiger partial charge in [0.2, 0.25) is 0 Å². The summed E-state index contributed by atoms with van der Waals surface area (Å²) >= 11 is 0. The maximum atomic E-state index is 6.25. The monoisotopic (exact) mass is 237 g/mol. The number of aromatic nitrogens is 2. The minimum Gasteiger partial charge on any atom is -0.378 e. The second kappa shape index (κ2) is 5.65. The van der Waals surface area contributed by atoms with Crippen molar-refractivity contribution in [2.45, 2.75) is 58.2 Å². The fraction of sp³-hybridized carbons (Fsp3) is 0.769. The molecule has 2 heterocycles. The van der Waals surface area contributed by atoms with Crippen LogP contribution in [0, 0.1) is 6.92 Å². The molecule has 2 unspecified atom stereocenters. The third-order valence-corrected chi connectivity index (χ3v) is 3.44. The van der Waals surface area contributed by atoms with E-state index in [2.05, 4.69) is 18.1 Å². The molecular formula is C13H23N3O. The fourth-order valence-corrected chi connectivity index (χ4v) is 2.50. The normalized spacial score (nSPS) is 21.9. The third-order valence-electron chi connectivity index (χ3n) is 3.44. The first-order valence-electron chi connectivity index (χ1n) is 6.62. The minimum atomic E-state index is 0.0837. The van der Waals surface area contributed by atoms with E-state index in [4.69, 9.17) is 10.5 Å². The highest BCUT2D eigenvalue weighted by Crippen LogP contribution is 2.23. The average Bonchev–Trinajstić information content (AvgIpc) is 2.94. The Bertz CT molecular complexity index is 356. The first-order chi connectivity index (χ1) is 8.20. The van der Waals surface area contributed by atoms with Gasteiger partial charge in [-0.05, 0) is 45.6 Å². The van der Waals surface area contributed by atoms with Crippen LogP contribution in [0.15, 0.2) is 6.07 Å². The van der Waals surface area contributed by atoms with E-state index in [1.165, 1.54) is 12.8 Å². The van der Waals surface area contributed by atoms with Crippen LogP contribution >= 0.6 is 0 Å². The van der Waals surface area contributed by atoms with Crippen LogP contribution in [0.25, 0.3) is 0 Å². The van der Waals surface area contributed by atoms with Gasteiger partial charge >= 0.3 is 0 Å². The number of hydrogen-bond donors (Lipinski definition) is 1. The van der Waals surface area contributed by atoms with Crippen LogP contribution in [0.1, 0.15) is 50.0 Å². The van der Waals surface area contributed by atoms with Gasteiger partial charge in [0, 0.05) is 19.2 Å². The van der Waals surface area contributed by atoms with Crippen molar-refractivity contribution in [2.24, 2.45) is 5.73 Å². The van der Waals surface area contributed by atoms with Crippen LogP contribution < -0.4 is 5.73 Å². The Morgan fingerprint density at radius 2 is 2.47 bits per heavy atom. The summed E-state index contributed by atoms with van der Waals surface area (Å²) < 4.78 is 7.63. The van der Waals surface area contributed by atoms with Gasteiger partial charge in [-0.2, -0.15) is 5.10 Å². The molecule has 96 valence electrons. The molecule has 0 radical (unpaired) electrons. The molecule has 17 heavy (non-hydrogen) atoms. The summed E-state index contributed by atoms with van der Waals surface area (Å²) in [5.41, 5.74) is 8.45. The molecule has 2 N–H and O–H groups in total. The lowest BCUT2D eigenvalue weighted by atomic mass is 10.0. The maximum absolute atomic E-state index is 6.25. The number of nitrogens with two attached hydrogens (primary N) is 1. The van der Waals surface area contributed by atoms with Crippen molar-refractivity contribution >= 4 is 0 Å². The van der Waals surface area contributed by atoms with E-state index in [0.717, 1.165) is 37.4 Å². The van der Waals surface area contributed by atoms with Crippen LogP contribution in [-0.4, -0.2) is 22.5 Å². The first kappa shape index (κ1) is 12.6. The van der Waals surface area contributed by atoms with E-state index in [1.54, 1.807) is 0 Å². The molecular weight excluding hydrogens is 214 g/mol. The van der Waals surface area contributed by atoms with Gasteiger partial charge in [-0.1, -0.05) is 0 Å². The van der Waals surface area contributed by atoms with E-state index in [1.807, 2.05) is 11.6 Å². The van der Waals surface area contributed by atoms with Crippen molar-refractivity contribution in [3.05, 3.63) is 17.5 Å². The number of hydrogen-bond acceptors (Lipinski definition) is 3. The summed E-state index contributed by atoms with van der Waals surface area (Å²) in [6.07, 6.45) is 4.87. The van der Waals surface area contributed by atoms with Gasteiger partial charge in [0.25, 0.3) is 0 Å². The van der Waals surface area contributed by atoms with Crippen LogP contribution in [0.4, 0.5) is 0 Å². The summed E-state index contributed by atoms with van der Waals surface area (Å²) in [5.74, 6) is 0. The van der Waals surface area contributed by atoms with E-state index in [9.17, 15) is 0 Å². The molecule has 1 saturated heterocycles. The Hall–Kier alpha value is -0.870. The van der Waals surface area contributed by atoms with Crippen LogP contribution in [0.2, 0.25) is 0 Å². The highest BCUT2D eigenvalue weighted by molar-refractivity contribution is 5.12. The van der Waals surface area contributed by atoms with Gasteiger partial charge in [0.1, 0.15) is 0 Å². The molecule has 1 aromatic heterocycles. The smallest absolute Gasteiger partial charge is 0.0597 e. The highest BCUT2D eigenvalue weighted by atomic mass is 16.5. The van der Waals surface area contributed by atoms with Gasteiger partial charge in [-0.3, -0.25) is 4.68 Å². The topological polar surface area (TPSA) is 53.1 Å². The van der Waals surface area contributed by atoms with Gasteiger partial charge in [0.05, 0.1) is 17.5 Å². The molecule has 1 aromatic rings. The molecule has 0 aliphatic carbocycles. The SMILES string of the molecule is CCn1nc(C)cc1C(N)CCC1CCCO1. The maximum Gasteiger partial charge on any atom is 0.0597 e. The Morgan fingerprint density at radius 1 is 1.65 bits per heavy atom. The molecule has 1 aliphatic heterocycles. The van der Waals surface area contributed by atoms with Crippen molar-refractivity contribution in [1.29, 1.82) is 0 Å². The molecule has 2 atom stereocenters. The third kappa shape index (κ3) is 3.07. The lowest BCUT2D eigenvalue weighted by Crippen LogP contribution is -2.18. The molecule has 4 nitrogen and oxygen atoms in total. The zero-order chi connectivity index (χ0) is 12.3. The second-order valence-corrected chi connectivity index (χ2v) is 4.85. The van der Waals surface area contributed by atoms with Crippen LogP contribution in [0.5, 0.6) is 0 Å². The van der Waals surface area contributed by atoms with Crippen LogP contribution in [0.3, 0.4) is 0 Å². The molecule has 0 spiro atoms. The van der Waals surface area contributed by atoms with Crippen molar-refractivity contribution in [2.75, 3.05) is 6.61 Å². The molecule has 1 aliphatic rings. The minimum absolute atomic E-state index is 0.0837. The lowest BCUT2D eigenvalue weighted by molar-refractivity contribution is 0.100. The quantitative estimate of drug-likeness (QED) is 0.854. The molecule has 0 saturated carbocycles. The van der Waals surface area contributed by atoms with Crippen molar-refractivity contribution < 1.29 is 4.74 Å². The first-order valence-corrected chi connectivity index (χ1v) is 6.62.